The number of amides is 2. The second kappa shape index (κ2) is 6.20. The van der Waals surface area contributed by atoms with Crippen molar-refractivity contribution in [2.75, 3.05) is 19.6 Å². The lowest BCUT2D eigenvalue weighted by atomic mass is 10.1. The number of hydrogen-bond acceptors (Lipinski definition) is 4. The summed E-state index contributed by atoms with van der Waals surface area (Å²) in [5.74, 6) is -2.41. The molecule has 1 aliphatic rings. The van der Waals surface area contributed by atoms with Crippen molar-refractivity contribution in [3.8, 4) is 0 Å². The number of carbonyl (C=O) groups excluding carboxylic acids is 1. The highest BCUT2D eigenvalue weighted by atomic mass is 16.4. The normalized spacial score (nSPS) is 20.5. The molecule has 0 aromatic carbocycles. The molecular weight excluding hydrogens is 242 g/mol. The third kappa shape index (κ3) is 3.88. The van der Waals surface area contributed by atoms with E-state index in [4.69, 9.17) is 15.9 Å². The molecule has 1 fully saturated rings. The van der Waals surface area contributed by atoms with Crippen molar-refractivity contribution in [1.29, 1.82) is 0 Å². The van der Waals surface area contributed by atoms with E-state index in [9.17, 15) is 14.4 Å². The van der Waals surface area contributed by atoms with Crippen molar-refractivity contribution in [3.05, 3.63) is 0 Å². The molecule has 0 aromatic rings. The summed E-state index contributed by atoms with van der Waals surface area (Å²) in [5, 5.41) is 19.5. The number of urea groups is 1. The lowest BCUT2D eigenvalue weighted by Crippen LogP contribution is -2.48. The molecule has 5 N–H and O–H groups in total. The molecule has 2 unspecified atom stereocenters. The average molecular weight is 259 g/mol. The molecule has 1 saturated heterocycles. The zero-order valence-corrected chi connectivity index (χ0v) is 9.83. The maximum Gasteiger partial charge on any atom is 0.326 e. The Morgan fingerprint density at radius 2 is 2.06 bits per heavy atom. The van der Waals surface area contributed by atoms with E-state index in [2.05, 4.69) is 5.32 Å². The maximum absolute atomic E-state index is 11.7. The second-order valence-electron chi connectivity index (χ2n) is 4.27. The van der Waals surface area contributed by atoms with Crippen LogP contribution in [0.15, 0.2) is 0 Å². The number of carbonyl (C=O) groups is 3. The van der Waals surface area contributed by atoms with Crippen LogP contribution in [0.3, 0.4) is 0 Å². The van der Waals surface area contributed by atoms with Crippen LogP contribution in [0, 0.1) is 5.92 Å². The Kier molecular flexibility index (Phi) is 4.90. The number of carboxylic acid groups (broad SMARTS) is 2. The number of aliphatic carboxylic acids is 2. The van der Waals surface area contributed by atoms with E-state index in [1.54, 1.807) is 0 Å². The Labute approximate surface area is 104 Å². The molecule has 0 aliphatic carbocycles. The van der Waals surface area contributed by atoms with Crippen LogP contribution in [0.25, 0.3) is 0 Å². The number of nitrogens with two attached hydrogens (primary N) is 1. The van der Waals surface area contributed by atoms with Gasteiger partial charge in [-0.2, -0.15) is 0 Å². The van der Waals surface area contributed by atoms with Gasteiger partial charge in [0.25, 0.3) is 0 Å². The SMILES string of the molecule is NCC1CCN(C(=O)NC(CC(=O)O)C(=O)O)C1. The van der Waals surface area contributed by atoms with Gasteiger partial charge in [-0.15, -0.1) is 0 Å². The van der Waals surface area contributed by atoms with E-state index >= 15 is 0 Å². The minimum absolute atomic E-state index is 0.221. The summed E-state index contributed by atoms with van der Waals surface area (Å²) in [5.41, 5.74) is 5.48. The quantitative estimate of drug-likeness (QED) is 0.495. The molecule has 0 spiro atoms. The number of carboxylic acids is 2. The van der Waals surface area contributed by atoms with E-state index in [-0.39, 0.29) is 5.92 Å². The van der Waals surface area contributed by atoms with Gasteiger partial charge in [-0.3, -0.25) is 4.79 Å². The van der Waals surface area contributed by atoms with Gasteiger partial charge < -0.3 is 26.2 Å². The molecule has 0 aromatic heterocycles. The number of rotatable bonds is 5. The van der Waals surface area contributed by atoms with Crippen molar-refractivity contribution < 1.29 is 24.6 Å². The van der Waals surface area contributed by atoms with Crippen molar-refractivity contribution in [1.82, 2.24) is 10.2 Å². The molecule has 8 nitrogen and oxygen atoms in total. The van der Waals surface area contributed by atoms with Crippen LogP contribution in [0.1, 0.15) is 12.8 Å². The van der Waals surface area contributed by atoms with Crippen LogP contribution in [-0.4, -0.2) is 58.8 Å². The molecule has 0 saturated carbocycles. The van der Waals surface area contributed by atoms with Gasteiger partial charge in [0.2, 0.25) is 0 Å². The summed E-state index contributed by atoms with van der Waals surface area (Å²) in [6.45, 7) is 1.45. The zero-order chi connectivity index (χ0) is 13.7. The summed E-state index contributed by atoms with van der Waals surface area (Å²) in [6, 6.07) is -1.97. The number of nitrogens with zero attached hydrogens (tertiary/aromatic N) is 1. The van der Waals surface area contributed by atoms with Gasteiger partial charge in [0.15, 0.2) is 0 Å². The van der Waals surface area contributed by atoms with Crippen molar-refractivity contribution in [2.24, 2.45) is 11.7 Å². The smallest absolute Gasteiger partial charge is 0.326 e. The van der Waals surface area contributed by atoms with Crippen LogP contribution in [0.4, 0.5) is 4.79 Å². The monoisotopic (exact) mass is 259 g/mol. The Hall–Kier alpha value is -1.83. The van der Waals surface area contributed by atoms with Gasteiger partial charge in [-0.1, -0.05) is 0 Å². The third-order valence-corrected chi connectivity index (χ3v) is 2.88. The predicted octanol–water partition coefficient (Wildman–Crippen LogP) is -1.10. The van der Waals surface area contributed by atoms with Gasteiger partial charge in [0.05, 0.1) is 6.42 Å². The second-order valence-corrected chi connectivity index (χ2v) is 4.27. The largest absolute Gasteiger partial charge is 0.481 e. The van der Waals surface area contributed by atoms with Crippen molar-refractivity contribution in [2.45, 2.75) is 18.9 Å². The van der Waals surface area contributed by atoms with Gasteiger partial charge in [0, 0.05) is 13.1 Å². The van der Waals surface area contributed by atoms with Crippen LogP contribution < -0.4 is 11.1 Å². The molecule has 8 heteroatoms. The molecule has 2 amide bonds. The first-order valence-corrected chi connectivity index (χ1v) is 5.64. The van der Waals surface area contributed by atoms with E-state index in [1.165, 1.54) is 4.90 Å². The molecule has 0 bridgehead atoms. The van der Waals surface area contributed by atoms with Gasteiger partial charge in [-0.05, 0) is 18.9 Å². The number of likely N-dealkylation sites (tertiary alicyclic amines) is 1. The van der Waals surface area contributed by atoms with Crippen LogP contribution >= 0.6 is 0 Å². The van der Waals surface area contributed by atoms with Crippen molar-refractivity contribution in [3.63, 3.8) is 0 Å². The molecular formula is C10H17N3O5. The molecule has 102 valence electrons. The molecule has 0 radical (unpaired) electrons. The minimum Gasteiger partial charge on any atom is -0.481 e. The zero-order valence-electron chi connectivity index (χ0n) is 9.83. The summed E-state index contributed by atoms with van der Waals surface area (Å²) >= 11 is 0. The summed E-state index contributed by atoms with van der Waals surface area (Å²) in [6.07, 6.45) is 0.135. The van der Waals surface area contributed by atoms with Gasteiger partial charge in [-0.25, -0.2) is 9.59 Å². The van der Waals surface area contributed by atoms with E-state index in [0.29, 0.717) is 19.6 Å². The Morgan fingerprint density at radius 1 is 1.39 bits per heavy atom. The number of nitrogens with one attached hydrogen (secondary N) is 1. The Balaban J connectivity index is 2.51. The van der Waals surface area contributed by atoms with E-state index in [1.807, 2.05) is 0 Å². The van der Waals surface area contributed by atoms with Crippen LogP contribution in [0.2, 0.25) is 0 Å². The topological polar surface area (TPSA) is 133 Å². The van der Waals surface area contributed by atoms with E-state index < -0.39 is 30.4 Å². The molecule has 1 aliphatic heterocycles. The third-order valence-electron chi connectivity index (χ3n) is 2.88. The van der Waals surface area contributed by atoms with Gasteiger partial charge in [0.1, 0.15) is 6.04 Å². The fraction of sp³-hybridized carbons (Fsp3) is 0.700. The highest BCUT2D eigenvalue weighted by molar-refractivity contribution is 5.86. The lowest BCUT2D eigenvalue weighted by molar-refractivity contribution is -0.145. The highest BCUT2D eigenvalue weighted by Gasteiger charge is 2.29. The predicted molar refractivity (Wildman–Crippen MR) is 60.9 cm³/mol. The summed E-state index contributed by atoms with van der Waals surface area (Å²) < 4.78 is 0. The molecule has 1 heterocycles. The lowest BCUT2D eigenvalue weighted by Gasteiger charge is -2.20. The maximum atomic E-state index is 11.7. The first-order chi connectivity index (χ1) is 8.43. The molecule has 2 atom stereocenters. The van der Waals surface area contributed by atoms with Crippen molar-refractivity contribution >= 4 is 18.0 Å². The standard InChI is InChI=1S/C10H17N3O5/c11-4-6-1-2-13(5-6)10(18)12-7(9(16)17)3-8(14)15/h6-7H,1-5,11H2,(H,12,18)(H,14,15)(H,16,17). The average Bonchev–Trinajstić information content (AvgIpc) is 2.75. The summed E-state index contributed by atoms with van der Waals surface area (Å²) in [7, 11) is 0. The van der Waals surface area contributed by atoms with Crippen LogP contribution in [-0.2, 0) is 9.59 Å². The first-order valence-electron chi connectivity index (χ1n) is 5.64. The van der Waals surface area contributed by atoms with E-state index in [0.717, 1.165) is 6.42 Å². The van der Waals surface area contributed by atoms with Crippen LogP contribution in [0.5, 0.6) is 0 Å². The molecule has 18 heavy (non-hydrogen) atoms. The Morgan fingerprint density at radius 3 is 2.50 bits per heavy atom. The van der Waals surface area contributed by atoms with Gasteiger partial charge >= 0.3 is 18.0 Å². The summed E-state index contributed by atoms with van der Waals surface area (Å²) in [4.78, 5) is 34.4. The fourth-order valence-corrected chi connectivity index (χ4v) is 1.82. The Bertz CT molecular complexity index is 346. The minimum atomic E-state index is -1.41. The highest BCUT2D eigenvalue weighted by Crippen LogP contribution is 2.14. The first kappa shape index (κ1) is 14.2. The number of hydrogen-bond donors (Lipinski definition) is 4. The molecule has 1 rings (SSSR count). The fourth-order valence-electron chi connectivity index (χ4n) is 1.82.